The molecule has 2 rings (SSSR count). The molecule has 1 aliphatic rings. The molecule has 7 heteroatoms. The van der Waals surface area contributed by atoms with Gasteiger partial charge in [0.1, 0.15) is 0 Å². The van der Waals surface area contributed by atoms with Crippen LogP contribution in [0.2, 0.25) is 0 Å². The maximum absolute atomic E-state index is 11.3. The van der Waals surface area contributed by atoms with Crippen LogP contribution in [-0.2, 0) is 16.4 Å². The third-order valence-corrected chi connectivity index (χ3v) is 6.22. The summed E-state index contributed by atoms with van der Waals surface area (Å²) in [6.07, 6.45) is 7.18. The fourth-order valence-electron chi connectivity index (χ4n) is 3.51. The lowest BCUT2D eigenvalue weighted by atomic mass is 9.84. The maximum Gasteiger partial charge on any atom is 0.238 e. The van der Waals surface area contributed by atoms with Gasteiger partial charge in [-0.15, -0.1) is 0 Å². The number of primary sulfonamides is 1. The topological polar surface area (TPSA) is 96.6 Å². The van der Waals surface area contributed by atoms with Gasteiger partial charge in [0.2, 0.25) is 10.0 Å². The van der Waals surface area contributed by atoms with Gasteiger partial charge in [0.15, 0.2) is 5.96 Å². The molecular formula is C19H32N4O2S. The van der Waals surface area contributed by atoms with Gasteiger partial charge in [-0.2, -0.15) is 0 Å². The van der Waals surface area contributed by atoms with Gasteiger partial charge < -0.3 is 10.6 Å². The summed E-state index contributed by atoms with van der Waals surface area (Å²) in [4.78, 5) is 4.96. The molecule has 1 aliphatic carbocycles. The smallest absolute Gasteiger partial charge is 0.238 e. The Bertz CT molecular complexity index is 693. The number of guanidine groups is 1. The molecule has 4 N–H and O–H groups in total. The van der Waals surface area contributed by atoms with Crippen LogP contribution in [0.5, 0.6) is 0 Å². The summed E-state index contributed by atoms with van der Waals surface area (Å²) in [6, 6.07) is 6.70. The third-order valence-electron chi connectivity index (χ3n) is 5.29. The highest BCUT2D eigenvalue weighted by molar-refractivity contribution is 7.89. The first kappa shape index (κ1) is 20.7. The van der Waals surface area contributed by atoms with Crippen molar-refractivity contribution in [2.24, 2.45) is 15.5 Å². The van der Waals surface area contributed by atoms with E-state index in [1.165, 1.54) is 32.1 Å². The van der Waals surface area contributed by atoms with E-state index < -0.39 is 10.0 Å². The first-order valence-electron chi connectivity index (χ1n) is 9.52. The fourth-order valence-corrected chi connectivity index (χ4v) is 4.02. The first-order valence-corrected chi connectivity index (χ1v) is 11.1. The monoisotopic (exact) mass is 380 g/mol. The van der Waals surface area contributed by atoms with Crippen LogP contribution in [0, 0.1) is 5.41 Å². The van der Waals surface area contributed by atoms with Crippen molar-refractivity contribution in [3.05, 3.63) is 29.8 Å². The lowest BCUT2D eigenvalue weighted by Crippen LogP contribution is -2.39. The Morgan fingerprint density at radius 3 is 2.35 bits per heavy atom. The molecule has 0 saturated heterocycles. The Morgan fingerprint density at radius 2 is 1.81 bits per heavy atom. The zero-order valence-corrected chi connectivity index (χ0v) is 16.7. The summed E-state index contributed by atoms with van der Waals surface area (Å²) < 4.78 is 22.6. The van der Waals surface area contributed by atoms with Crippen LogP contribution < -0.4 is 15.8 Å². The molecule has 0 atom stereocenters. The van der Waals surface area contributed by atoms with E-state index in [-0.39, 0.29) is 4.90 Å². The molecule has 0 aromatic heterocycles. The minimum absolute atomic E-state index is 0.144. The van der Waals surface area contributed by atoms with E-state index in [0.717, 1.165) is 37.6 Å². The summed E-state index contributed by atoms with van der Waals surface area (Å²) in [5.74, 6) is 0.855. The Balaban J connectivity index is 1.89. The molecule has 0 amide bonds. The Kier molecular flexibility index (Phi) is 7.46. The van der Waals surface area contributed by atoms with E-state index >= 15 is 0 Å². The van der Waals surface area contributed by atoms with Gasteiger partial charge >= 0.3 is 0 Å². The van der Waals surface area contributed by atoms with Crippen molar-refractivity contribution in [3.63, 3.8) is 0 Å². The van der Waals surface area contributed by atoms with E-state index in [4.69, 9.17) is 10.1 Å². The normalized spacial score (nSPS) is 17.3. The standard InChI is InChI=1S/C19H32N4O2S/c1-3-19(12-5-6-13-19)15-23-18(21-4-2)22-14-11-16-7-9-17(10-8-16)26(20,24)25/h7-10H,3-6,11-15H2,1-2H3,(H2,20,24,25)(H2,21,22,23). The highest BCUT2D eigenvalue weighted by atomic mass is 32.2. The molecule has 0 aliphatic heterocycles. The fraction of sp³-hybridized carbons (Fsp3) is 0.632. The minimum Gasteiger partial charge on any atom is -0.357 e. The molecule has 146 valence electrons. The van der Waals surface area contributed by atoms with Gasteiger partial charge in [-0.1, -0.05) is 31.9 Å². The van der Waals surface area contributed by atoms with Crippen LogP contribution >= 0.6 is 0 Å². The van der Waals surface area contributed by atoms with Crippen molar-refractivity contribution >= 4 is 16.0 Å². The predicted octanol–water partition coefficient (Wildman–Crippen LogP) is 2.40. The molecule has 26 heavy (non-hydrogen) atoms. The van der Waals surface area contributed by atoms with Gasteiger partial charge in [-0.05, 0) is 55.7 Å². The van der Waals surface area contributed by atoms with Crippen LogP contribution in [0.1, 0.15) is 51.5 Å². The molecule has 0 radical (unpaired) electrons. The number of sulfonamides is 1. The second-order valence-corrected chi connectivity index (χ2v) is 8.68. The zero-order chi connectivity index (χ0) is 19.0. The SMILES string of the molecule is CCNC(=NCC1(CC)CCCC1)NCCc1ccc(S(N)(=O)=O)cc1. The largest absolute Gasteiger partial charge is 0.357 e. The number of nitrogens with zero attached hydrogens (tertiary/aromatic N) is 1. The molecule has 0 heterocycles. The number of aliphatic imine (C=N–C) groups is 1. The molecule has 1 aromatic rings. The number of rotatable bonds is 8. The Morgan fingerprint density at radius 1 is 1.15 bits per heavy atom. The highest BCUT2D eigenvalue weighted by Crippen LogP contribution is 2.41. The van der Waals surface area contributed by atoms with Crippen molar-refractivity contribution in [2.75, 3.05) is 19.6 Å². The molecular weight excluding hydrogens is 348 g/mol. The average molecular weight is 381 g/mol. The van der Waals surface area contributed by atoms with Crippen LogP contribution in [0.4, 0.5) is 0 Å². The van der Waals surface area contributed by atoms with Gasteiger partial charge in [0, 0.05) is 19.6 Å². The molecule has 6 nitrogen and oxygen atoms in total. The first-order chi connectivity index (χ1) is 12.4. The second-order valence-electron chi connectivity index (χ2n) is 7.12. The lowest BCUT2D eigenvalue weighted by molar-refractivity contribution is 0.297. The summed E-state index contributed by atoms with van der Waals surface area (Å²) >= 11 is 0. The van der Waals surface area contributed by atoms with Crippen LogP contribution in [0.3, 0.4) is 0 Å². The number of benzene rings is 1. The summed E-state index contributed by atoms with van der Waals surface area (Å²) in [5.41, 5.74) is 1.44. The van der Waals surface area contributed by atoms with Crippen molar-refractivity contribution < 1.29 is 8.42 Å². The maximum atomic E-state index is 11.3. The van der Waals surface area contributed by atoms with Crippen molar-refractivity contribution in [2.45, 2.75) is 57.3 Å². The quantitative estimate of drug-likeness (QED) is 0.476. The predicted molar refractivity (Wildman–Crippen MR) is 107 cm³/mol. The van der Waals surface area contributed by atoms with E-state index in [9.17, 15) is 8.42 Å². The molecule has 0 bridgehead atoms. The summed E-state index contributed by atoms with van der Waals surface area (Å²) in [5, 5.41) is 11.8. The van der Waals surface area contributed by atoms with Crippen molar-refractivity contribution in [1.29, 1.82) is 0 Å². The number of hydrogen-bond donors (Lipinski definition) is 3. The summed E-state index contributed by atoms with van der Waals surface area (Å²) in [7, 11) is -3.63. The van der Waals surface area contributed by atoms with Crippen LogP contribution in [0.25, 0.3) is 0 Å². The third kappa shape index (κ3) is 5.99. The van der Waals surface area contributed by atoms with E-state index in [1.807, 2.05) is 0 Å². The number of nitrogens with one attached hydrogen (secondary N) is 2. The lowest BCUT2D eigenvalue weighted by Gasteiger charge is -2.25. The van der Waals surface area contributed by atoms with Crippen molar-refractivity contribution in [1.82, 2.24) is 10.6 Å². The number of hydrogen-bond acceptors (Lipinski definition) is 3. The molecule has 1 fully saturated rings. The summed E-state index contributed by atoms with van der Waals surface area (Å²) in [6.45, 7) is 6.77. The molecule has 1 saturated carbocycles. The van der Waals surface area contributed by atoms with E-state index in [2.05, 4.69) is 24.5 Å². The minimum atomic E-state index is -3.63. The average Bonchev–Trinajstić information content (AvgIpc) is 3.09. The Labute approximate surface area is 157 Å². The van der Waals surface area contributed by atoms with E-state index in [1.54, 1.807) is 24.3 Å². The van der Waals surface area contributed by atoms with Crippen LogP contribution in [0.15, 0.2) is 34.2 Å². The Hall–Kier alpha value is -1.60. The highest BCUT2D eigenvalue weighted by Gasteiger charge is 2.31. The molecule has 0 spiro atoms. The van der Waals surface area contributed by atoms with Gasteiger partial charge in [-0.3, -0.25) is 4.99 Å². The number of nitrogens with two attached hydrogens (primary N) is 1. The van der Waals surface area contributed by atoms with Crippen molar-refractivity contribution in [3.8, 4) is 0 Å². The van der Waals surface area contributed by atoms with Gasteiger partial charge in [-0.25, -0.2) is 13.6 Å². The van der Waals surface area contributed by atoms with Crippen LogP contribution in [-0.4, -0.2) is 34.0 Å². The molecule has 0 unspecified atom stereocenters. The van der Waals surface area contributed by atoms with Gasteiger partial charge in [0.05, 0.1) is 4.90 Å². The van der Waals surface area contributed by atoms with E-state index in [0.29, 0.717) is 5.41 Å². The second kappa shape index (κ2) is 9.37. The van der Waals surface area contributed by atoms with Gasteiger partial charge in [0.25, 0.3) is 0 Å². The molecule has 1 aromatic carbocycles. The zero-order valence-electron chi connectivity index (χ0n) is 15.9.